The molecule has 1 aromatic carbocycles. The minimum absolute atomic E-state index is 0.0350. The topological polar surface area (TPSA) is 72.7 Å². The molecule has 2 fully saturated rings. The number of benzene rings is 1. The lowest BCUT2D eigenvalue weighted by Gasteiger charge is -2.31. The first-order chi connectivity index (χ1) is 13.2. The highest BCUT2D eigenvalue weighted by atomic mass is 32.2. The zero-order chi connectivity index (χ0) is 18.7. The van der Waals surface area contributed by atoms with Crippen LogP contribution in [0.25, 0.3) is 0 Å². The first kappa shape index (κ1) is 18.4. The van der Waals surface area contributed by atoms with Gasteiger partial charge in [-0.15, -0.1) is 5.10 Å². The van der Waals surface area contributed by atoms with Gasteiger partial charge in [-0.25, -0.2) is 9.07 Å². The monoisotopic (exact) mass is 389 g/mol. The van der Waals surface area contributed by atoms with Gasteiger partial charge in [-0.3, -0.25) is 4.79 Å². The van der Waals surface area contributed by atoms with Crippen molar-refractivity contribution in [3.8, 4) is 0 Å². The SMILES string of the molecule is O=C(CSc1nnnn1C1CCCC1)NC1(c2ccc(F)cc2)CCCC1. The minimum atomic E-state index is -0.386. The quantitative estimate of drug-likeness (QED) is 0.764. The molecule has 27 heavy (non-hydrogen) atoms. The van der Waals surface area contributed by atoms with Crippen LogP contribution in [0.15, 0.2) is 29.4 Å². The molecule has 8 heteroatoms. The molecule has 1 amide bonds. The van der Waals surface area contributed by atoms with Gasteiger partial charge in [0.05, 0.1) is 17.3 Å². The van der Waals surface area contributed by atoms with Gasteiger partial charge in [0.1, 0.15) is 5.82 Å². The van der Waals surface area contributed by atoms with Crippen LogP contribution in [-0.4, -0.2) is 31.9 Å². The highest BCUT2D eigenvalue weighted by molar-refractivity contribution is 7.99. The molecule has 0 spiro atoms. The van der Waals surface area contributed by atoms with Crippen LogP contribution in [0.2, 0.25) is 0 Å². The number of tetrazole rings is 1. The third kappa shape index (κ3) is 4.00. The summed E-state index contributed by atoms with van der Waals surface area (Å²) < 4.78 is 15.2. The van der Waals surface area contributed by atoms with Crippen molar-refractivity contribution in [3.05, 3.63) is 35.6 Å². The van der Waals surface area contributed by atoms with Gasteiger partial charge in [0.2, 0.25) is 11.1 Å². The van der Waals surface area contributed by atoms with Crippen molar-refractivity contribution in [2.24, 2.45) is 0 Å². The molecule has 2 aromatic rings. The van der Waals surface area contributed by atoms with E-state index in [9.17, 15) is 9.18 Å². The number of nitrogens with one attached hydrogen (secondary N) is 1. The molecule has 0 unspecified atom stereocenters. The summed E-state index contributed by atoms with van der Waals surface area (Å²) in [5, 5.41) is 15.9. The van der Waals surface area contributed by atoms with E-state index < -0.39 is 0 Å². The van der Waals surface area contributed by atoms with Crippen LogP contribution in [0.4, 0.5) is 4.39 Å². The first-order valence-corrected chi connectivity index (χ1v) is 10.6. The molecule has 6 nitrogen and oxygen atoms in total. The predicted octanol–water partition coefficient (Wildman–Crippen LogP) is 3.61. The molecule has 1 N–H and O–H groups in total. The molecular weight excluding hydrogens is 365 g/mol. The maximum atomic E-state index is 13.3. The molecule has 4 rings (SSSR count). The van der Waals surface area contributed by atoms with Gasteiger partial charge >= 0.3 is 0 Å². The maximum Gasteiger partial charge on any atom is 0.231 e. The minimum Gasteiger partial charge on any atom is -0.346 e. The molecule has 2 saturated carbocycles. The molecule has 0 saturated heterocycles. The summed E-state index contributed by atoms with van der Waals surface area (Å²) in [6.45, 7) is 0. The Kier molecular flexibility index (Phi) is 5.43. The second kappa shape index (κ2) is 7.96. The lowest BCUT2D eigenvalue weighted by Crippen LogP contribution is -2.44. The van der Waals surface area contributed by atoms with Gasteiger partial charge in [0, 0.05) is 0 Å². The highest BCUT2D eigenvalue weighted by Crippen LogP contribution is 2.39. The lowest BCUT2D eigenvalue weighted by molar-refractivity contribution is -0.120. The molecule has 0 radical (unpaired) electrons. The second-order valence-corrected chi connectivity index (χ2v) is 8.42. The van der Waals surface area contributed by atoms with Crippen molar-refractivity contribution in [2.45, 2.75) is 68.1 Å². The van der Waals surface area contributed by atoms with Crippen molar-refractivity contribution < 1.29 is 9.18 Å². The van der Waals surface area contributed by atoms with Gasteiger partial charge in [-0.2, -0.15) is 0 Å². The normalized spacial score (nSPS) is 19.4. The molecule has 2 aliphatic rings. The summed E-state index contributed by atoms with van der Waals surface area (Å²) in [6.07, 6.45) is 8.49. The van der Waals surface area contributed by atoms with E-state index in [-0.39, 0.29) is 23.0 Å². The molecule has 1 aromatic heterocycles. The summed E-state index contributed by atoms with van der Waals surface area (Å²) in [5.41, 5.74) is 0.596. The van der Waals surface area contributed by atoms with Crippen LogP contribution < -0.4 is 5.32 Å². The van der Waals surface area contributed by atoms with Crippen LogP contribution in [0.1, 0.15) is 63.0 Å². The Morgan fingerprint density at radius 2 is 1.89 bits per heavy atom. The van der Waals surface area contributed by atoms with Crippen LogP contribution in [-0.2, 0) is 10.3 Å². The Morgan fingerprint density at radius 1 is 1.19 bits per heavy atom. The zero-order valence-electron chi connectivity index (χ0n) is 15.2. The van der Waals surface area contributed by atoms with Gasteiger partial charge in [-0.05, 0) is 53.8 Å². The largest absolute Gasteiger partial charge is 0.346 e. The Balaban J connectivity index is 1.41. The number of halogens is 1. The molecule has 0 atom stereocenters. The predicted molar refractivity (Wildman–Crippen MR) is 101 cm³/mol. The second-order valence-electron chi connectivity index (χ2n) is 7.48. The maximum absolute atomic E-state index is 13.3. The fraction of sp³-hybridized carbons (Fsp3) is 0.579. The van der Waals surface area contributed by atoms with Gasteiger partial charge in [0.15, 0.2) is 0 Å². The van der Waals surface area contributed by atoms with Crippen LogP contribution in [0, 0.1) is 5.82 Å². The summed E-state index contributed by atoms with van der Waals surface area (Å²) in [4.78, 5) is 12.7. The number of rotatable bonds is 6. The van der Waals surface area contributed by atoms with E-state index >= 15 is 0 Å². The van der Waals surface area contributed by atoms with Crippen molar-refractivity contribution in [1.82, 2.24) is 25.5 Å². The number of hydrogen-bond acceptors (Lipinski definition) is 5. The first-order valence-electron chi connectivity index (χ1n) is 9.64. The standard InChI is InChI=1S/C19H24FN5OS/c20-15-9-7-14(8-10-15)19(11-3-4-12-19)21-17(26)13-27-18-22-23-24-25(18)16-5-1-2-6-16/h7-10,16H,1-6,11-13H2,(H,21,26). The van der Waals surface area contributed by atoms with Crippen molar-refractivity contribution in [1.29, 1.82) is 0 Å². The summed E-state index contributed by atoms with van der Waals surface area (Å²) in [6, 6.07) is 6.85. The number of hydrogen-bond donors (Lipinski definition) is 1. The number of nitrogens with zero attached hydrogens (tertiary/aromatic N) is 4. The lowest BCUT2D eigenvalue weighted by atomic mass is 9.88. The van der Waals surface area contributed by atoms with E-state index in [0.717, 1.165) is 44.1 Å². The number of amides is 1. The highest BCUT2D eigenvalue weighted by Gasteiger charge is 2.37. The number of carbonyl (C=O) groups is 1. The Bertz CT molecular complexity index is 782. The van der Waals surface area contributed by atoms with E-state index in [4.69, 9.17) is 0 Å². The molecule has 0 bridgehead atoms. The van der Waals surface area contributed by atoms with E-state index in [2.05, 4.69) is 20.8 Å². The van der Waals surface area contributed by atoms with Crippen LogP contribution in [0.3, 0.4) is 0 Å². The van der Waals surface area contributed by atoms with Crippen molar-refractivity contribution in [3.63, 3.8) is 0 Å². The fourth-order valence-corrected chi connectivity index (χ4v) is 5.07. The Morgan fingerprint density at radius 3 is 2.59 bits per heavy atom. The zero-order valence-corrected chi connectivity index (χ0v) is 16.1. The van der Waals surface area contributed by atoms with Crippen LogP contribution >= 0.6 is 11.8 Å². The number of thioether (sulfide) groups is 1. The van der Waals surface area contributed by atoms with Gasteiger partial charge < -0.3 is 5.32 Å². The van der Waals surface area contributed by atoms with Crippen LogP contribution in [0.5, 0.6) is 0 Å². The average molecular weight is 390 g/mol. The Hall–Kier alpha value is -1.96. The van der Waals surface area contributed by atoms with Gasteiger partial charge in [0.25, 0.3) is 0 Å². The Labute approximate surface area is 162 Å². The number of carbonyl (C=O) groups excluding carboxylic acids is 1. The molecule has 0 aliphatic heterocycles. The van der Waals surface area contributed by atoms with Gasteiger partial charge in [-0.1, -0.05) is 49.6 Å². The molecule has 2 aliphatic carbocycles. The third-order valence-corrected chi connectivity index (χ3v) is 6.63. The van der Waals surface area contributed by atoms with E-state index in [1.807, 2.05) is 4.68 Å². The average Bonchev–Trinajstić information content (AvgIpc) is 3.42. The third-order valence-electron chi connectivity index (χ3n) is 5.70. The summed E-state index contributed by atoms with van der Waals surface area (Å²) in [7, 11) is 0. The molecular formula is C19H24FN5OS. The van der Waals surface area contributed by atoms with E-state index in [1.54, 1.807) is 12.1 Å². The number of aromatic nitrogens is 4. The summed E-state index contributed by atoms with van der Waals surface area (Å²) in [5.74, 6) is -0.0181. The van der Waals surface area contributed by atoms with Crippen molar-refractivity contribution >= 4 is 17.7 Å². The summed E-state index contributed by atoms with van der Waals surface area (Å²) >= 11 is 1.38. The molecule has 1 heterocycles. The van der Waals surface area contributed by atoms with E-state index in [1.165, 1.54) is 36.7 Å². The van der Waals surface area contributed by atoms with Crippen molar-refractivity contribution in [2.75, 3.05) is 5.75 Å². The molecule has 144 valence electrons. The van der Waals surface area contributed by atoms with E-state index in [0.29, 0.717) is 11.2 Å². The smallest absolute Gasteiger partial charge is 0.231 e. The fourth-order valence-electron chi connectivity index (χ4n) is 4.32.